The number of nitrogens with one attached hydrogen (secondary N) is 1. The summed E-state index contributed by atoms with van der Waals surface area (Å²) in [5.41, 5.74) is 0. The van der Waals surface area contributed by atoms with Crippen molar-refractivity contribution in [2.45, 2.75) is 31.8 Å². The summed E-state index contributed by atoms with van der Waals surface area (Å²) < 4.78 is 0. The Kier molecular flexibility index (Phi) is 18.8. The van der Waals surface area contributed by atoms with Crippen molar-refractivity contribution in [3.63, 3.8) is 0 Å². The summed E-state index contributed by atoms with van der Waals surface area (Å²) >= 11 is 0. The average molecular weight is 283 g/mol. The van der Waals surface area contributed by atoms with E-state index in [0.717, 1.165) is 0 Å². The van der Waals surface area contributed by atoms with Gasteiger partial charge in [0.05, 0.1) is 24.9 Å². The van der Waals surface area contributed by atoms with Gasteiger partial charge in [0.25, 0.3) is 0 Å². The summed E-state index contributed by atoms with van der Waals surface area (Å²) in [6.45, 7) is -0.0472. The molecule has 1 fully saturated rings. The fraction of sp³-hybridized carbons (Fsp3) is 1.00. The zero-order valence-corrected chi connectivity index (χ0v) is 10.5. The van der Waals surface area contributed by atoms with Crippen LogP contribution in [0.25, 0.3) is 0 Å². The van der Waals surface area contributed by atoms with Crippen LogP contribution < -0.4 is 5.32 Å². The Morgan fingerprint density at radius 2 is 1.53 bits per heavy atom. The number of hydrogen-bond donors (Lipinski definition) is 5. The predicted octanol–water partition coefficient (Wildman–Crippen LogP) is -1.75. The first-order valence-electron chi connectivity index (χ1n) is 3.55. The van der Waals surface area contributed by atoms with Gasteiger partial charge in [-0.3, -0.25) is 0 Å². The van der Waals surface area contributed by atoms with Crippen LogP contribution in [0.4, 0.5) is 0 Å². The van der Waals surface area contributed by atoms with E-state index in [1.54, 1.807) is 0 Å². The fourth-order valence-electron chi connectivity index (χ4n) is 1.15. The lowest BCUT2D eigenvalue weighted by molar-refractivity contribution is -0.101. The summed E-state index contributed by atoms with van der Waals surface area (Å²) in [5, 5.41) is 38.6. The Morgan fingerprint density at radius 1 is 1.07 bits per heavy atom. The standard InChI is InChI=1S/C6H13NO4.CH4.3H2S.H2/c8-2-3-5(10)6(11)4(9)1-7-3;;;;;/h3-11H,1-2H2;1H4;3*1H2;1H/t3-,4-,5-,6+;;;;;/m0...../s1. The number of piperidine rings is 1. The first-order chi connectivity index (χ1) is 5.16. The van der Waals surface area contributed by atoms with E-state index in [2.05, 4.69) is 5.32 Å². The molecule has 1 aliphatic heterocycles. The molecule has 1 aliphatic rings. The minimum Gasteiger partial charge on any atom is -0.395 e. The van der Waals surface area contributed by atoms with Crippen molar-refractivity contribution in [2.24, 2.45) is 0 Å². The molecule has 4 atom stereocenters. The molecule has 0 amide bonds. The Hall–Kier alpha value is 0.850. The molecule has 1 rings (SSSR count). The molecule has 5 nitrogen and oxygen atoms in total. The van der Waals surface area contributed by atoms with E-state index in [1.165, 1.54) is 0 Å². The highest BCUT2D eigenvalue weighted by Gasteiger charge is 2.35. The van der Waals surface area contributed by atoms with Gasteiger partial charge >= 0.3 is 0 Å². The summed E-state index contributed by atoms with van der Waals surface area (Å²) in [6.07, 6.45) is -3.20. The van der Waals surface area contributed by atoms with Gasteiger partial charge in [0, 0.05) is 7.97 Å². The molecule has 1 heterocycles. The third-order valence-electron chi connectivity index (χ3n) is 1.94. The Bertz CT molecular complexity index is 147. The normalized spacial score (nSPS) is 33.6. The highest BCUT2D eigenvalue weighted by Crippen LogP contribution is 2.09. The van der Waals surface area contributed by atoms with E-state index in [4.69, 9.17) is 15.3 Å². The van der Waals surface area contributed by atoms with Crippen LogP contribution in [0.1, 0.15) is 8.85 Å². The summed E-state index contributed by atoms with van der Waals surface area (Å²) in [5.74, 6) is 0. The van der Waals surface area contributed by atoms with Crippen molar-refractivity contribution in [1.82, 2.24) is 5.32 Å². The van der Waals surface area contributed by atoms with Crippen LogP contribution in [0.5, 0.6) is 0 Å². The van der Waals surface area contributed by atoms with Crippen molar-refractivity contribution in [2.75, 3.05) is 13.2 Å². The molecule has 100 valence electrons. The summed E-state index contributed by atoms with van der Waals surface area (Å²) in [4.78, 5) is 0. The fourth-order valence-corrected chi connectivity index (χ4v) is 1.15. The molecular formula is C7H25NO4S3. The van der Waals surface area contributed by atoms with E-state index in [-0.39, 0.29) is 62.5 Å². The van der Waals surface area contributed by atoms with Gasteiger partial charge in [-0.25, -0.2) is 0 Å². The summed E-state index contributed by atoms with van der Waals surface area (Å²) in [7, 11) is 0. The Labute approximate surface area is 113 Å². The minimum atomic E-state index is -1.16. The topological polar surface area (TPSA) is 93.0 Å². The number of β-amino-alcohol motifs (C(OH)–C–C–N with tert-alkyl or cyclic N) is 1. The second kappa shape index (κ2) is 11.3. The van der Waals surface area contributed by atoms with Crippen LogP contribution in [-0.2, 0) is 0 Å². The number of hydrogen-bond acceptors (Lipinski definition) is 5. The van der Waals surface area contributed by atoms with E-state index < -0.39 is 24.4 Å². The second-order valence-electron chi connectivity index (χ2n) is 2.75. The first kappa shape index (κ1) is 24.9. The van der Waals surface area contributed by atoms with Gasteiger partial charge < -0.3 is 25.7 Å². The Morgan fingerprint density at radius 3 is 1.93 bits per heavy atom. The molecule has 15 heavy (non-hydrogen) atoms. The van der Waals surface area contributed by atoms with Crippen molar-refractivity contribution >= 4 is 40.5 Å². The van der Waals surface area contributed by atoms with Gasteiger partial charge in [0.2, 0.25) is 0 Å². The van der Waals surface area contributed by atoms with Crippen molar-refractivity contribution < 1.29 is 21.9 Å². The number of aliphatic hydroxyl groups is 4. The molecule has 0 saturated carbocycles. The lowest BCUT2D eigenvalue weighted by Crippen LogP contribution is -2.60. The third kappa shape index (κ3) is 6.22. The van der Waals surface area contributed by atoms with Crippen molar-refractivity contribution in [1.29, 1.82) is 0 Å². The van der Waals surface area contributed by atoms with Crippen LogP contribution >= 0.6 is 40.5 Å². The van der Waals surface area contributed by atoms with Crippen LogP contribution in [0, 0.1) is 0 Å². The molecule has 0 aromatic heterocycles. The van der Waals surface area contributed by atoms with E-state index >= 15 is 0 Å². The molecule has 5 N–H and O–H groups in total. The maximum Gasteiger partial charge on any atom is 0.109 e. The first-order valence-corrected chi connectivity index (χ1v) is 3.55. The van der Waals surface area contributed by atoms with Crippen LogP contribution in [-0.4, -0.2) is 57.9 Å². The minimum absolute atomic E-state index is 0. The van der Waals surface area contributed by atoms with Crippen LogP contribution in [0.15, 0.2) is 0 Å². The van der Waals surface area contributed by atoms with Crippen LogP contribution in [0.2, 0.25) is 0 Å². The van der Waals surface area contributed by atoms with Crippen molar-refractivity contribution in [3.05, 3.63) is 0 Å². The molecular weight excluding hydrogens is 258 g/mol. The Balaban J connectivity index is -0.0000000807. The largest absolute Gasteiger partial charge is 0.395 e. The van der Waals surface area contributed by atoms with Gasteiger partial charge in [-0.05, 0) is 0 Å². The molecule has 8 heteroatoms. The van der Waals surface area contributed by atoms with Gasteiger partial charge in [0.1, 0.15) is 6.10 Å². The highest BCUT2D eigenvalue weighted by molar-refractivity contribution is 7.59. The van der Waals surface area contributed by atoms with Gasteiger partial charge in [0.15, 0.2) is 0 Å². The maximum absolute atomic E-state index is 9.18. The van der Waals surface area contributed by atoms with Crippen molar-refractivity contribution in [3.8, 4) is 0 Å². The molecule has 1 saturated heterocycles. The predicted molar refractivity (Wildman–Crippen MR) is 76.9 cm³/mol. The molecule has 0 bridgehead atoms. The smallest absolute Gasteiger partial charge is 0.109 e. The van der Waals surface area contributed by atoms with E-state index in [1.807, 2.05) is 0 Å². The van der Waals surface area contributed by atoms with Crippen LogP contribution in [0.3, 0.4) is 0 Å². The quantitative estimate of drug-likeness (QED) is 0.394. The molecule has 0 unspecified atom stereocenters. The van der Waals surface area contributed by atoms with E-state index in [0.29, 0.717) is 0 Å². The average Bonchev–Trinajstić information content (AvgIpc) is 2.01. The molecule has 0 radical (unpaired) electrons. The second-order valence-corrected chi connectivity index (χ2v) is 2.75. The number of aliphatic hydroxyl groups excluding tert-OH is 4. The van der Waals surface area contributed by atoms with Gasteiger partial charge in [-0.2, -0.15) is 40.5 Å². The maximum atomic E-state index is 9.18. The molecule has 0 aliphatic carbocycles. The molecule has 0 aromatic rings. The number of rotatable bonds is 1. The molecule has 0 aromatic carbocycles. The highest BCUT2D eigenvalue weighted by atomic mass is 32.1. The molecule has 0 spiro atoms. The lowest BCUT2D eigenvalue weighted by Gasteiger charge is -2.34. The third-order valence-corrected chi connectivity index (χ3v) is 1.94. The zero-order valence-electron chi connectivity index (χ0n) is 7.51. The zero-order chi connectivity index (χ0) is 8.43. The lowest BCUT2D eigenvalue weighted by atomic mass is 9.97. The van der Waals surface area contributed by atoms with E-state index in [9.17, 15) is 5.11 Å². The summed E-state index contributed by atoms with van der Waals surface area (Å²) in [6, 6.07) is -0.534. The van der Waals surface area contributed by atoms with Gasteiger partial charge in [-0.15, -0.1) is 0 Å². The van der Waals surface area contributed by atoms with Gasteiger partial charge in [-0.1, -0.05) is 7.43 Å². The SMILES string of the molecule is C.OC[C@@H]1NC[C@H](O)[C@@H](O)[C@H]1O.S.S.S.[HH]. The monoisotopic (exact) mass is 283 g/mol.